The van der Waals surface area contributed by atoms with E-state index in [1.54, 1.807) is 0 Å². The summed E-state index contributed by atoms with van der Waals surface area (Å²) in [6, 6.07) is 4.32. The quantitative estimate of drug-likeness (QED) is 0.418. The predicted molar refractivity (Wildman–Crippen MR) is 104 cm³/mol. The maximum Gasteiger partial charge on any atom is 0.257 e. The number of aliphatic hydroxyl groups excluding tert-OH is 1. The second kappa shape index (κ2) is 8.62. The Morgan fingerprint density at radius 1 is 1.03 bits per heavy atom. The van der Waals surface area contributed by atoms with Crippen molar-refractivity contribution < 1.29 is 31.5 Å². The number of rotatable bonds is 5. The number of carbonyl (C=O) groups is 1. The van der Waals surface area contributed by atoms with Crippen LogP contribution in [0, 0.1) is 17.5 Å². The fraction of sp³-hybridized carbons (Fsp3) is 0.316. The van der Waals surface area contributed by atoms with Gasteiger partial charge >= 0.3 is 0 Å². The SMILES string of the molecule is Nc1ccc(S(=O)(=O)N[C@H]2CC[C@H](O)CC2)cc1C(=O)Nc1cc(F)c(F)c(F)c1. The zero-order valence-electron chi connectivity index (χ0n) is 15.7. The van der Waals surface area contributed by atoms with Crippen LogP contribution in [0.2, 0.25) is 0 Å². The van der Waals surface area contributed by atoms with E-state index in [-0.39, 0.29) is 27.9 Å². The van der Waals surface area contributed by atoms with Crippen molar-refractivity contribution in [3.8, 4) is 0 Å². The predicted octanol–water partition coefficient (Wildman–Crippen LogP) is 2.52. The van der Waals surface area contributed by atoms with Gasteiger partial charge in [-0.25, -0.2) is 26.3 Å². The fourth-order valence-electron chi connectivity index (χ4n) is 3.21. The van der Waals surface area contributed by atoms with Gasteiger partial charge in [-0.1, -0.05) is 0 Å². The van der Waals surface area contributed by atoms with E-state index in [9.17, 15) is 31.5 Å². The maximum absolute atomic E-state index is 13.3. The molecule has 1 fully saturated rings. The number of nitrogens with two attached hydrogens (primary N) is 1. The minimum atomic E-state index is -3.98. The Morgan fingerprint density at radius 2 is 1.63 bits per heavy atom. The summed E-state index contributed by atoms with van der Waals surface area (Å²) >= 11 is 0. The Hall–Kier alpha value is -2.63. The number of hydrogen-bond donors (Lipinski definition) is 4. The number of benzene rings is 2. The Balaban J connectivity index is 1.81. The minimum Gasteiger partial charge on any atom is -0.398 e. The van der Waals surface area contributed by atoms with Crippen molar-refractivity contribution in [2.75, 3.05) is 11.1 Å². The van der Waals surface area contributed by atoms with E-state index in [0.29, 0.717) is 37.8 Å². The molecule has 5 N–H and O–H groups in total. The molecular weight excluding hydrogens is 423 g/mol. The van der Waals surface area contributed by atoms with E-state index >= 15 is 0 Å². The summed E-state index contributed by atoms with van der Waals surface area (Å²) in [6.45, 7) is 0. The molecule has 0 bridgehead atoms. The summed E-state index contributed by atoms with van der Waals surface area (Å²) in [5, 5.41) is 11.7. The third kappa shape index (κ3) is 4.91. The molecule has 0 radical (unpaired) electrons. The van der Waals surface area contributed by atoms with Crippen molar-refractivity contribution in [3.63, 3.8) is 0 Å². The molecule has 0 aliphatic heterocycles. The van der Waals surface area contributed by atoms with Crippen LogP contribution in [0.15, 0.2) is 35.2 Å². The first-order valence-electron chi connectivity index (χ1n) is 9.12. The first kappa shape index (κ1) is 22.1. The van der Waals surface area contributed by atoms with Crippen LogP contribution in [-0.4, -0.2) is 31.6 Å². The second-order valence-electron chi connectivity index (χ2n) is 7.08. The van der Waals surface area contributed by atoms with Gasteiger partial charge in [-0.05, 0) is 43.9 Å². The van der Waals surface area contributed by atoms with Gasteiger partial charge in [-0.15, -0.1) is 0 Å². The molecule has 162 valence electrons. The number of nitrogens with one attached hydrogen (secondary N) is 2. The van der Waals surface area contributed by atoms with Crippen LogP contribution in [0.4, 0.5) is 24.5 Å². The highest BCUT2D eigenvalue weighted by molar-refractivity contribution is 7.89. The molecule has 0 spiro atoms. The molecule has 1 saturated carbocycles. The van der Waals surface area contributed by atoms with Crippen molar-refractivity contribution in [1.29, 1.82) is 0 Å². The molecule has 0 unspecified atom stereocenters. The molecule has 1 amide bonds. The van der Waals surface area contributed by atoms with Gasteiger partial charge in [0.25, 0.3) is 5.91 Å². The van der Waals surface area contributed by atoms with Crippen molar-refractivity contribution in [3.05, 3.63) is 53.3 Å². The van der Waals surface area contributed by atoms with Crippen LogP contribution in [0.5, 0.6) is 0 Å². The van der Waals surface area contributed by atoms with E-state index in [1.165, 1.54) is 12.1 Å². The number of amides is 1. The molecule has 0 aromatic heterocycles. The highest BCUT2D eigenvalue weighted by Crippen LogP contribution is 2.24. The average molecular weight is 443 g/mol. The van der Waals surface area contributed by atoms with Crippen LogP contribution in [0.3, 0.4) is 0 Å². The van der Waals surface area contributed by atoms with Gasteiger partial charge in [-0.2, -0.15) is 0 Å². The summed E-state index contributed by atoms with van der Waals surface area (Å²) in [7, 11) is -3.98. The van der Waals surface area contributed by atoms with Crippen LogP contribution in [0.25, 0.3) is 0 Å². The lowest BCUT2D eigenvalue weighted by Gasteiger charge is -2.26. The topological polar surface area (TPSA) is 122 Å². The van der Waals surface area contributed by atoms with Crippen LogP contribution < -0.4 is 15.8 Å². The number of sulfonamides is 1. The summed E-state index contributed by atoms with van der Waals surface area (Å²) in [6.07, 6.45) is 1.47. The number of anilines is 2. The standard InChI is InChI=1S/C19H20F3N3O4S/c20-15-7-11(8-16(21)18(15)22)24-19(27)14-9-13(5-6-17(14)23)30(28,29)25-10-1-3-12(26)4-2-10/h5-10,12,25-26H,1-4,23H2,(H,24,27)/t10-,12-. The molecule has 0 heterocycles. The summed E-state index contributed by atoms with van der Waals surface area (Å²) in [4.78, 5) is 12.3. The van der Waals surface area contributed by atoms with Gasteiger partial charge in [0.05, 0.1) is 16.6 Å². The van der Waals surface area contributed by atoms with Crippen LogP contribution in [-0.2, 0) is 10.0 Å². The highest BCUT2D eigenvalue weighted by Gasteiger charge is 2.26. The van der Waals surface area contributed by atoms with Gasteiger partial charge in [0.2, 0.25) is 10.0 Å². The molecular formula is C19H20F3N3O4S. The minimum absolute atomic E-state index is 0.0599. The van der Waals surface area contributed by atoms with E-state index in [4.69, 9.17) is 5.73 Å². The first-order valence-corrected chi connectivity index (χ1v) is 10.6. The lowest BCUT2D eigenvalue weighted by molar-refractivity contribution is 0.102. The monoisotopic (exact) mass is 443 g/mol. The molecule has 1 aliphatic carbocycles. The first-order chi connectivity index (χ1) is 14.1. The van der Waals surface area contributed by atoms with Crippen molar-refractivity contribution >= 4 is 27.3 Å². The van der Waals surface area contributed by atoms with E-state index < -0.39 is 39.5 Å². The maximum atomic E-state index is 13.3. The van der Waals surface area contributed by atoms with Gasteiger partial charge in [0.1, 0.15) is 0 Å². The van der Waals surface area contributed by atoms with Crippen molar-refractivity contribution in [1.82, 2.24) is 4.72 Å². The molecule has 1 aliphatic rings. The molecule has 7 nitrogen and oxygen atoms in total. The number of carbonyl (C=O) groups excluding carboxylic acids is 1. The van der Waals surface area contributed by atoms with Gasteiger partial charge in [0.15, 0.2) is 17.5 Å². The zero-order valence-corrected chi connectivity index (χ0v) is 16.5. The van der Waals surface area contributed by atoms with E-state index in [0.717, 1.165) is 6.07 Å². The smallest absolute Gasteiger partial charge is 0.257 e. The molecule has 2 aromatic rings. The molecule has 0 saturated heterocycles. The number of hydrogen-bond acceptors (Lipinski definition) is 5. The molecule has 30 heavy (non-hydrogen) atoms. The molecule has 11 heteroatoms. The van der Waals surface area contributed by atoms with E-state index in [2.05, 4.69) is 10.0 Å². The number of aliphatic hydroxyl groups is 1. The molecule has 2 aromatic carbocycles. The van der Waals surface area contributed by atoms with Crippen LogP contribution >= 0.6 is 0 Å². The Bertz CT molecular complexity index is 1050. The van der Waals surface area contributed by atoms with Crippen molar-refractivity contribution in [2.45, 2.75) is 42.7 Å². The fourth-order valence-corrected chi connectivity index (χ4v) is 4.54. The Morgan fingerprint density at radius 3 is 2.23 bits per heavy atom. The largest absolute Gasteiger partial charge is 0.398 e. The van der Waals surface area contributed by atoms with Crippen LogP contribution in [0.1, 0.15) is 36.0 Å². The van der Waals surface area contributed by atoms with Gasteiger partial charge < -0.3 is 16.2 Å². The number of nitrogen functional groups attached to an aromatic ring is 1. The lowest BCUT2D eigenvalue weighted by Crippen LogP contribution is -2.38. The second-order valence-corrected chi connectivity index (χ2v) is 8.80. The lowest BCUT2D eigenvalue weighted by atomic mass is 9.94. The highest BCUT2D eigenvalue weighted by atomic mass is 32.2. The average Bonchev–Trinajstić information content (AvgIpc) is 2.67. The summed E-state index contributed by atoms with van der Waals surface area (Å²) in [5.41, 5.74) is 5.11. The van der Waals surface area contributed by atoms with Crippen molar-refractivity contribution in [2.24, 2.45) is 0 Å². The summed E-state index contributed by atoms with van der Waals surface area (Å²) in [5.74, 6) is -5.58. The number of halogens is 3. The normalized spacial score (nSPS) is 19.5. The Labute approximate surface area is 171 Å². The zero-order chi connectivity index (χ0) is 22.1. The molecule has 3 rings (SSSR count). The third-order valence-electron chi connectivity index (χ3n) is 4.84. The van der Waals surface area contributed by atoms with E-state index in [1.807, 2.05) is 0 Å². The Kier molecular flexibility index (Phi) is 6.34. The molecule has 0 atom stereocenters. The van der Waals surface area contributed by atoms with Gasteiger partial charge in [-0.3, -0.25) is 4.79 Å². The summed E-state index contributed by atoms with van der Waals surface area (Å²) < 4.78 is 67.6. The van der Waals surface area contributed by atoms with Gasteiger partial charge in [0, 0.05) is 29.5 Å². The third-order valence-corrected chi connectivity index (χ3v) is 6.36.